The fourth-order valence-corrected chi connectivity index (χ4v) is 6.22. The van der Waals surface area contributed by atoms with Gasteiger partial charge in [0, 0.05) is 25.8 Å². The number of benzene rings is 1. The molecule has 3 heterocycles. The molecule has 0 saturated carbocycles. The molecule has 2 fully saturated rings. The number of pyridine rings is 1. The number of rotatable bonds is 9. The molecule has 3 aliphatic rings. The van der Waals surface area contributed by atoms with Crippen molar-refractivity contribution >= 4 is 23.5 Å². The first kappa shape index (κ1) is 25.4. The second kappa shape index (κ2) is 11.0. The van der Waals surface area contributed by atoms with Gasteiger partial charge in [0.25, 0.3) is 0 Å². The summed E-state index contributed by atoms with van der Waals surface area (Å²) in [5.41, 5.74) is 5.08. The average Bonchev–Trinajstić information content (AvgIpc) is 3.42. The number of amides is 2. The Morgan fingerprint density at radius 3 is 2.78 bits per heavy atom. The number of carbonyl (C=O) groups is 2. The number of likely N-dealkylation sites (tertiary alicyclic amines) is 1. The number of methoxy groups -OCH3 is 1. The van der Waals surface area contributed by atoms with E-state index >= 15 is 0 Å². The van der Waals surface area contributed by atoms with E-state index in [2.05, 4.69) is 11.1 Å². The standard InChI is InChI=1S/C30H34N2O5/c1-3-13-32-29(34)23-16-21(17-36-2)27-24(28(23)30(32)35)18-37-26(27)11-10-20(25-9-4-5-12-31-25)14-19-7-6-8-22(33)15-19/h4-9,12,14-15,23-24,26,28,33H,3,10-11,13,16-18H2,1-2H3/b20-14-/t23-,24+,26-,28-/m1/s1. The van der Waals surface area contributed by atoms with E-state index in [1.54, 1.807) is 25.4 Å². The topological polar surface area (TPSA) is 89.0 Å². The zero-order valence-electron chi connectivity index (χ0n) is 21.4. The van der Waals surface area contributed by atoms with E-state index in [-0.39, 0.29) is 41.4 Å². The molecule has 2 aliphatic heterocycles. The highest BCUT2D eigenvalue weighted by Gasteiger charge is 2.56. The second-order valence-corrected chi connectivity index (χ2v) is 10.1. The molecular formula is C30H34N2O5. The van der Waals surface area contributed by atoms with Gasteiger partial charge in [-0.3, -0.25) is 19.5 Å². The minimum absolute atomic E-state index is 0.0422. The van der Waals surface area contributed by atoms with Crippen LogP contribution in [-0.2, 0) is 19.1 Å². The van der Waals surface area contributed by atoms with Crippen molar-refractivity contribution in [1.29, 1.82) is 0 Å². The summed E-state index contributed by atoms with van der Waals surface area (Å²) in [7, 11) is 1.67. The number of aromatic hydroxyl groups is 1. The number of phenols is 1. The minimum Gasteiger partial charge on any atom is -0.508 e. The molecule has 0 unspecified atom stereocenters. The van der Waals surface area contributed by atoms with E-state index in [4.69, 9.17) is 9.47 Å². The van der Waals surface area contributed by atoms with Crippen LogP contribution in [0.15, 0.2) is 59.8 Å². The molecule has 4 atom stereocenters. The van der Waals surface area contributed by atoms with E-state index in [1.807, 2.05) is 37.3 Å². The number of hydrogen-bond acceptors (Lipinski definition) is 6. The van der Waals surface area contributed by atoms with Crippen LogP contribution in [-0.4, -0.2) is 59.8 Å². The highest BCUT2D eigenvalue weighted by atomic mass is 16.5. The normalized spacial score (nSPS) is 25.6. The first-order valence-corrected chi connectivity index (χ1v) is 13.1. The first-order valence-electron chi connectivity index (χ1n) is 13.1. The molecule has 37 heavy (non-hydrogen) atoms. The highest BCUT2D eigenvalue weighted by Crippen LogP contribution is 2.50. The number of ether oxygens (including phenoxy) is 2. The molecule has 194 valence electrons. The second-order valence-electron chi connectivity index (χ2n) is 10.1. The number of carbonyl (C=O) groups excluding carboxylic acids is 2. The van der Waals surface area contributed by atoms with Crippen molar-refractivity contribution < 1.29 is 24.2 Å². The predicted octanol–water partition coefficient (Wildman–Crippen LogP) is 4.48. The zero-order valence-corrected chi connectivity index (χ0v) is 21.4. The van der Waals surface area contributed by atoms with E-state index in [0.29, 0.717) is 32.6 Å². The van der Waals surface area contributed by atoms with Crippen LogP contribution in [0, 0.1) is 17.8 Å². The van der Waals surface area contributed by atoms with Gasteiger partial charge in [-0.05, 0) is 78.3 Å². The molecule has 0 radical (unpaired) electrons. The van der Waals surface area contributed by atoms with Gasteiger partial charge in [0.1, 0.15) is 5.75 Å². The van der Waals surface area contributed by atoms with Crippen molar-refractivity contribution in [3.05, 3.63) is 71.1 Å². The Labute approximate surface area is 217 Å². The van der Waals surface area contributed by atoms with Crippen molar-refractivity contribution in [2.45, 2.75) is 38.7 Å². The number of fused-ring (bicyclic) bond motifs is 3. The van der Waals surface area contributed by atoms with Crippen LogP contribution in [0.3, 0.4) is 0 Å². The molecular weight excluding hydrogens is 468 g/mol. The van der Waals surface area contributed by atoms with Crippen molar-refractivity contribution in [2.24, 2.45) is 17.8 Å². The van der Waals surface area contributed by atoms with Crippen LogP contribution in [0.5, 0.6) is 5.75 Å². The first-order chi connectivity index (χ1) is 18.0. The fourth-order valence-electron chi connectivity index (χ4n) is 6.22. The Kier molecular flexibility index (Phi) is 7.53. The van der Waals surface area contributed by atoms with Gasteiger partial charge in [0.2, 0.25) is 11.8 Å². The summed E-state index contributed by atoms with van der Waals surface area (Å²) in [6, 6.07) is 13.0. The molecule has 1 N–H and O–H groups in total. The van der Waals surface area contributed by atoms with E-state index in [0.717, 1.165) is 40.8 Å². The SMILES string of the molecule is CCCN1C(=O)[C@@H]2[C@@H](CC(COC)=C3[C@@H](CC/C(=C/c4cccc(O)c4)c4ccccn4)OC[C@@H]32)C1=O. The molecule has 1 aliphatic carbocycles. The monoisotopic (exact) mass is 502 g/mol. The average molecular weight is 503 g/mol. The van der Waals surface area contributed by atoms with Crippen LogP contribution < -0.4 is 0 Å². The van der Waals surface area contributed by atoms with Crippen LogP contribution in [0.4, 0.5) is 0 Å². The van der Waals surface area contributed by atoms with Crippen LogP contribution in [0.2, 0.25) is 0 Å². The van der Waals surface area contributed by atoms with Crippen molar-refractivity contribution in [1.82, 2.24) is 9.88 Å². The molecule has 5 rings (SSSR count). The number of phenolic OH excluding ortho intramolecular Hbond substituents is 1. The van der Waals surface area contributed by atoms with Gasteiger partial charge in [-0.25, -0.2) is 0 Å². The maximum atomic E-state index is 13.3. The van der Waals surface area contributed by atoms with Gasteiger partial charge in [0.05, 0.1) is 36.8 Å². The molecule has 1 aromatic heterocycles. The molecule has 1 aromatic carbocycles. The Bertz CT molecular complexity index is 1220. The van der Waals surface area contributed by atoms with E-state index in [9.17, 15) is 14.7 Å². The van der Waals surface area contributed by atoms with Gasteiger partial charge >= 0.3 is 0 Å². The number of hydrogen-bond donors (Lipinski definition) is 1. The largest absolute Gasteiger partial charge is 0.508 e. The third-order valence-electron chi connectivity index (χ3n) is 7.75. The third kappa shape index (κ3) is 4.98. The summed E-state index contributed by atoms with van der Waals surface area (Å²) < 4.78 is 11.9. The molecule has 2 aromatic rings. The smallest absolute Gasteiger partial charge is 0.233 e. The molecule has 2 amide bonds. The van der Waals surface area contributed by atoms with Crippen LogP contribution >= 0.6 is 0 Å². The fraction of sp³-hybridized carbons (Fsp3) is 0.433. The summed E-state index contributed by atoms with van der Waals surface area (Å²) in [4.78, 5) is 32.4. The third-order valence-corrected chi connectivity index (χ3v) is 7.75. The molecule has 7 heteroatoms. The summed E-state index contributed by atoms with van der Waals surface area (Å²) in [6.07, 6.45) is 6.43. The lowest BCUT2D eigenvalue weighted by Crippen LogP contribution is -2.35. The Morgan fingerprint density at radius 1 is 1.19 bits per heavy atom. The molecule has 0 bridgehead atoms. The lowest BCUT2D eigenvalue weighted by Gasteiger charge is -2.31. The summed E-state index contributed by atoms with van der Waals surface area (Å²) in [5.74, 6) is -0.596. The molecule has 0 spiro atoms. The lowest BCUT2D eigenvalue weighted by molar-refractivity contribution is -0.140. The summed E-state index contributed by atoms with van der Waals surface area (Å²) >= 11 is 0. The van der Waals surface area contributed by atoms with Gasteiger partial charge < -0.3 is 14.6 Å². The van der Waals surface area contributed by atoms with Crippen molar-refractivity contribution in [2.75, 3.05) is 26.9 Å². The highest BCUT2D eigenvalue weighted by molar-refractivity contribution is 6.06. The Balaban J connectivity index is 1.42. The van der Waals surface area contributed by atoms with Gasteiger partial charge in [0.15, 0.2) is 0 Å². The van der Waals surface area contributed by atoms with Gasteiger partial charge in [-0.2, -0.15) is 0 Å². The van der Waals surface area contributed by atoms with Crippen LogP contribution in [0.1, 0.15) is 43.9 Å². The van der Waals surface area contributed by atoms with Gasteiger partial charge in [-0.1, -0.05) is 25.1 Å². The quantitative estimate of drug-likeness (QED) is 0.402. The minimum atomic E-state index is -0.335. The number of nitrogens with zero attached hydrogens (tertiary/aromatic N) is 2. The zero-order chi connectivity index (χ0) is 25.9. The van der Waals surface area contributed by atoms with Crippen molar-refractivity contribution in [3.63, 3.8) is 0 Å². The lowest BCUT2D eigenvalue weighted by atomic mass is 9.69. The summed E-state index contributed by atoms with van der Waals surface area (Å²) in [6.45, 7) is 3.35. The maximum absolute atomic E-state index is 13.3. The van der Waals surface area contributed by atoms with E-state index in [1.165, 1.54) is 4.90 Å². The predicted molar refractivity (Wildman–Crippen MR) is 140 cm³/mol. The van der Waals surface area contributed by atoms with E-state index < -0.39 is 0 Å². The number of aromatic nitrogens is 1. The van der Waals surface area contributed by atoms with Crippen molar-refractivity contribution in [3.8, 4) is 5.75 Å². The number of imide groups is 1. The van der Waals surface area contributed by atoms with Gasteiger partial charge in [-0.15, -0.1) is 0 Å². The molecule has 2 saturated heterocycles. The Morgan fingerprint density at radius 2 is 2.05 bits per heavy atom. The molecule has 7 nitrogen and oxygen atoms in total. The summed E-state index contributed by atoms with van der Waals surface area (Å²) in [5, 5.41) is 9.94. The Hall–Kier alpha value is -3.29. The number of allylic oxidation sites excluding steroid dienone is 1. The maximum Gasteiger partial charge on any atom is 0.233 e. The van der Waals surface area contributed by atoms with Crippen LogP contribution in [0.25, 0.3) is 11.6 Å².